The lowest BCUT2D eigenvalue weighted by atomic mass is 10.1. The van der Waals surface area contributed by atoms with Gasteiger partial charge in [0.25, 0.3) is 0 Å². The van der Waals surface area contributed by atoms with E-state index in [1.54, 1.807) is 13.0 Å². The quantitative estimate of drug-likeness (QED) is 0.687. The molecule has 0 spiro atoms. The number of rotatable bonds is 7. The zero-order valence-electron chi connectivity index (χ0n) is 15.1. The number of hydrogen-bond acceptors (Lipinski definition) is 5. The molecule has 1 aromatic heterocycles. The molecule has 0 aliphatic rings. The number of amides is 1. The fourth-order valence-corrected chi connectivity index (χ4v) is 2.63. The molecule has 3 rings (SSSR count). The zero-order valence-corrected chi connectivity index (χ0v) is 15.1. The average Bonchev–Trinajstić information content (AvgIpc) is 3.16. The van der Waals surface area contributed by atoms with E-state index >= 15 is 0 Å². The van der Waals surface area contributed by atoms with Crippen molar-refractivity contribution < 1.29 is 18.4 Å². The molecule has 0 bridgehead atoms. The predicted molar refractivity (Wildman–Crippen MR) is 97.6 cm³/mol. The van der Waals surface area contributed by atoms with E-state index in [4.69, 9.17) is 9.26 Å². The van der Waals surface area contributed by atoms with E-state index in [2.05, 4.69) is 15.5 Å². The maximum atomic E-state index is 13.8. The third kappa shape index (κ3) is 4.69. The number of nitrogens with one attached hydrogen (secondary N) is 1. The topological polar surface area (TPSA) is 77.2 Å². The van der Waals surface area contributed by atoms with Gasteiger partial charge in [0.05, 0.1) is 13.2 Å². The van der Waals surface area contributed by atoms with Gasteiger partial charge in [-0.2, -0.15) is 4.98 Å². The Bertz CT molecular complexity index is 912. The van der Waals surface area contributed by atoms with E-state index in [-0.39, 0.29) is 24.1 Å². The number of benzene rings is 2. The van der Waals surface area contributed by atoms with Crippen molar-refractivity contribution in [3.05, 3.63) is 65.8 Å². The molecule has 1 N–H and O–H groups in total. The van der Waals surface area contributed by atoms with Crippen LogP contribution in [-0.2, 0) is 11.2 Å². The molecule has 1 unspecified atom stereocenters. The minimum atomic E-state index is -0.463. The fraction of sp³-hybridized carbons (Fsp3) is 0.250. The van der Waals surface area contributed by atoms with Gasteiger partial charge in [-0.25, -0.2) is 4.39 Å². The van der Waals surface area contributed by atoms with Gasteiger partial charge in [0.15, 0.2) is 11.6 Å². The van der Waals surface area contributed by atoms with Gasteiger partial charge in [0.2, 0.25) is 17.6 Å². The Morgan fingerprint density at radius 2 is 2.04 bits per heavy atom. The van der Waals surface area contributed by atoms with Gasteiger partial charge in [0, 0.05) is 18.4 Å². The Kier molecular flexibility index (Phi) is 5.80. The van der Waals surface area contributed by atoms with Crippen LogP contribution in [0, 0.1) is 5.82 Å². The molecule has 27 heavy (non-hydrogen) atoms. The Balaban J connectivity index is 1.54. The lowest BCUT2D eigenvalue weighted by Gasteiger charge is -2.15. The van der Waals surface area contributed by atoms with E-state index in [0.717, 1.165) is 5.56 Å². The maximum Gasteiger partial charge on any atom is 0.227 e. The molecule has 6 nitrogen and oxygen atoms in total. The summed E-state index contributed by atoms with van der Waals surface area (Å²) in [7, 11) is 1.41. The highest BCUT2D eigenvalue weighted by atomic mass is 19.1. The molecule has 0 fully saturated rings. The molecule has 0 radical (unpaired) electrons. The number of halogens is 1. The highest BCUT2D eigenvalue weighted by molar-refractivity contribution is 5.76. The van der Waals surface area contributed by atoms with Crippen LogP contribution < -0.4 is 10.1 Å². The Hall–Kier alpha value is -3.22. The van der Waals surface area contributed by atoms with Crippen molar-refractivity contribution in [2.45, 2.75) is 25.8 Å². The lowest BCUT2D eigenvalue weighted by Crippen LogP contribution is -2.26. The molecule has 0 aliphatic carbocycles. The molecule has 0 saturated carbocycles. The van der Waals surface area contributed by atoms with Crippen molar-refractivity contribution in [1.29, 1.82) is 0 Å². The zero-order chi connectivity index (χ0) is 19.2. The molecule has 0 saturated heterocycles. The van der Waals surface area contributed by atoms with Gasteiger partial charge < -0.3 is 14.6 Å². The fourth-order valence-electron chi connectivity index (χ4n) is 2.63. The SMILES string of the molecule is COc1ccc(C(C)NC(=O)CCc2nc(-c3ccccc3)no2)cc1F. The van der Waals surface area contributed by atoms with Gasteiger partial charge in [0.1, 0.15) is 0 Å². The molecule has 2 aromatic carbocycles. The van der Waals surface area contributed by atoms with Crippen LogP contribution in [0.15, 0.2) is 53.1 Å². The van der Waals surface area contributed by atoms with E-state index < -0.39 is 5.82 Å². The second-order valence-electron chi connectivity index (χ2n) is 6.06. The Morgan fingerprint density at radius 3 is 2.74 bits per heavy atom. The summed E-state index contributed by atoms with van der Waals surface area (Å²) >= 11 is 0. The van der Waals surface area contributed by atoms with Crippen molar-refractivity contribution in [2.75, 3.05) is 7.11 Å². The molecule has 7 heteroatoms. The van der Waals surface area contributed by atoms with E-state index in [1.807, 2.05) is 30.3 Å². The first kappa shape index (κ1) is 18.6. The van der Waals surface area contributed by atoms with Crippen LogP contribution in [0.4, 0.5) is 4.39 Å². The molecular weight excluding hydrogens is 349 g/mol. The number of aryl methyl sites for hydroxylation is 1. The molecule has 0 aliphatic heterocycles. The average molecular weight is 369 g/mol. The van der Waals surface area contributed by atoms with Gasteiger partial charge in [-0.3, -0.25) is 4.79 Å². The van der Waals surface area contributed by atoms with Crippen molar-refractivity contribution in [3.8, 4) is 17.1 Å². The minimum Gasteiger partial charge on any atom is -0.494 e. The third-order valence-corrected chi connectivity index (χ3v) is 4.12. The Morgan fingerprint density at radius 1 is 1.26 bits per heavy atom. The molecule has 1 amide bonds. The van der Waals surface area contributed by atoms with Crippen molar-refractivity contribution >= 4 is 5.91 Å². The summed E-state index contributed by atoms with van der Waals surface area (Å²) in [4.78, 5) is 16.5. The van der Waals surface area contributed by atoms with Gasteiger partial charge in [-0.15, -0.1) is 0 Å². The van der Waals surface area contributed by atoms with Gasteiger partial charge in [-0.05, 0) is 24.6 Å². The van der Waals surface area contributed by atoms with Crippen LogP contribution in [0.1, 0.15) is 30.8 Å². The molecule has 3 aromatic rings. The first-order valence-electron chi connectivity index (χ1n) is 8.57. The van der Waals surface area contributed by atoms with Crippen LogP contribution in [0.25, 0.3) is 11.4 Å². The largest absolute Gasteiger partial charge is 0.494 e. The normalized spacial score (nSPS) is 11.8. The number of carbonyl (C=O) groups excluding carboxylic acids is 1. The van der Waals surface area contributed by atoms with Crippen LogP contribution in [0.3, 0.4) is 0 Å². The van der Waals surface area contributed by atoms with Crippen molar-refractivity contribution in [3.63, 3.8) is 0 Å². The summed E-state index contributed by atoms with van der Waals surface area (Å²) < 4.78 is 23.9. The molecular formula is C20H20FN3O3. The minimum absolute atomic E-state index is 0.169. The smallest absolute Gasteiger partial charge is 0.227 e. The van der Waals surface area contributed by atoms with E-state index in [0.29, 0.717) is 23.7 Å². The second-order valence-corrected chi connectivity index (χ2v) is 6.06. The molecule has 1 atom stereocenters. The van der Waals surface area contributed by atoms with Crippen LogP contribution >= 0.6 is 0 Å². The second kappa shape index (κ2) is 8.44. The van der Waals surface area contributed by atoms with E-state index in [9.17, 15) is 9.18 Å². The van der Waals surface area contributed by atoms with Gasteiger partial charge in [-0.1, -0.05) is 41.6 Å². The molecule has 140 valence electrons. The first-order chi connectivity index (χ1) is 13.1. The summed E-state index contributed by atoms with van der Waals surface area (Å²) in [6, 6.07) is 13.7. The lowest BCUT2D eigenvalue weighted by molar-refractivity contribution is -0.121. The van der Waals surface area contributed by atoms with Crippen LogP contribution in [-0.4, -0.2) is 23.2 Å². The third-order valence-electron chi connectivity index (χ3n) is 4.12. The van der Waals surface area contributed by atoms with Crippen molar-refractivity contribution in [1.82, 2.24) is 15.5 Å². The highest BCUT2D eigenvalue weighted by Crippen LogP contribution is 2.22. The Labute approximate surface area is 156 Å². The highest BCUT2D eigenvalue weighted by Gasteiger charge is 2.14. The summed E-state index contributed by atoms with van der Waals surface area (Å²) in [6.45, 7) is 1.79. The summed E-state index contributed by atoms with van der Waals surface area (Å²) in [5.74, 6) is 0.414. The predicted octanol–water partition coefficient (Wildman–Crippen LogP) is 3.69. The standard InChI is InChI=1S/C20H20FN3O3/c1-13(15-8-9-17(26-2)16(21)12-15)22-18(25)10-11-19-23-20(24-27-19)14-6-4-3-5-7-14/h3-9,12-13H,10-11H2,1-2H3,(H,22,25). The number of carbonyl (C=O) groups is 1. The molecule has 1 heterocycles. The number of nitrogens with zero attached hydrogens (tertiary/aromatic N) is 2. The number of methoxy groups -OCH3 is 1. The van der Waals surface area contributed by atoms with Gasteiger partial charge >= 0.3 is 0 Å². The number of hydrogen-bond donors (Lipinski definition) is 1. The first-order valence-corrected chi connectivity index (χ1v) is 8.57. The van der Waals surface area contributed by atoms with Crippen LogP contribution in [0.2, 0.25) is 0 Å². The monoisotopic (exact) mass is 369 g/mol. The maximum absolute atomic E-state index is 13.8. The van der Waals surface area contributed by atoms with Crippen molar-refractivity contribution in [2.24, 2.45) is 0 Å². The summed E-state index contributed by atoms with van der Waals surface area (Å²) in [6.07, 6.45) is 0.523. The van der Waals surface area contributed by atoms with Crippen LogP contribution in [0.5, 0.6) is 5.75 Å². The summed E-state index contributed by atoms with van der Waals surface area (Å²) in [5.41, 5.74) is 1.51. The number of ether oxygens (including phenoxy) is 1. The summed E-state index contributed by atoms with van der Waals surface area (Å²) in [5, 5.41) is 6.76. The van der Waals surface area contributed by atoms with E-state index in [1.165, 1.54) is 19.2 Å². The number of aromatic nitrogens is 2.